The van der Waals surface area contributed by atoms with Crippen molar-refractivity contribution >= 4 is 29.2 Å². The Kier molecular flexibility index (Phi) is 6.24. The van der Waals surface area contributed by atoms with Gasteiger partial charge in [-0.25, -0.2) is 0 Å². The topological polar surface area (TPSA) is 127 Å². The van der Waals surface area contributed by atoms with Gasteiger partial charge in [-0.05, 0) is 37.5 Å². The first-order valence-electron chi connectivity index (χ1n) is 8.66. The SMILES string of the molecule is CSCCC(NC(C)=O)C(=O)NCc1nnc2cc(-c3nc(C)no3)ccn12. The molecule has 1 atom stereocenters. The summed E-state index contributed by atoms with van der Waals surface area (Å²) in [5.74, 6) is 1.81. The van der Waals surface area contributed by atoms with Crippen LogP contribution in [0, 0.1) is 6.92 Å². The molecule has 0 fully saturated rings. The zero-order valence-electron chi connectivity index (χ0n) is 15.8. The van der Waals surface area contributed by atoms with Gasteiger partial charge in [-0.2, -0.15) is 16.7 Å². The summed E-state index contributed by atoms with van der Waals surface area (Å²) in [5, 5.41) is 17.5. The van der Waals surface area contributed by atoms with Crippen LogP contribution in [-0.4, -0.2) is 54.6 Å². The third-order valence-electron chi connectivity index (χ3n) is 3.98. The van der Waals surface area contributed by atoms with E-state index in [2.05, 4.69) is 31.0 Å². The second-order valence-corrected chi connectivity index (χ2v) is 7.14. The number of aromatic nitrogens is 5. The van der Waals surface area contributed by atoms with E-state index in [0.717, 1.165) is 11.3 Å². The maximum atomic E-state index is 12.4. The second kappa shape index (κ2) is 8.83. The molecule has 0 aliphatic rings. The molecule has 0 bridgehead atoms. The van der Waals surface area contributed by atoms with E-state index in [9.17, 15) is 9.59 Å². The molecule has 3 aromatic rings. The minimum atomic E-state index is -0.573. The number of hydrogen-bond donors (Lipinski definition) is 2. The first-order valence-corrected chi connectivity index (χ1v) is 10.1. The van der Waals surface area contributed by atoms with Crippen molar-refractivity contribution < 1.29 is 14.1 Å². The molecule has 0 radical (unpaired) electrons. The summed E-state index contributed by atoms with van der Waals surface area (Å²) in [6.07, 6.45) is 4.29. The van der Waals surface area contributed by atoms with Gasteiger partial charge in [0.05, 0.1) is 6.54 Å². The van der Waals surface area contributed by atoms with Crippen LogP contribution in [0.5, 0.6) is 0 Å². The van der Waals surface area contributed by atoms with Crippen LogP contribution >= 0.6 is 11.8 Å². The van der Waals surface area contributed by atoms with Crippen molar-refractivity contribution in [1.82, 2.24) is 35.4 Å². The Hall–Kier alpha value is -2.95. The van der Waals surface area contributed by atoms with Crippen molar-refractivity contribution in [3.63, 3.8) is 0 Å². The highest BCUT2D eigenvalue weighted by Gasteiger charge is 2.19. The van der Waals surface area contributed by atoms with E-state index in [-0.39, 0.29) is 18.4 Å². The number of rotatable bonds is 8. The number of fused-ring (bicyclic) bond motifs is 1. The molecule has 2 amide bonds. The first kappa shape index (κ1) is 19.8. The summed E-state index contributed by atoms with van der Waals surface area (Å²) in [7, 11) is 0. The molecule has 3 heterocycles. The van der Waals surface area contributed by atoms with E-state index in [1.54, 1.807) is 35.3 Å². The number of nitrogens with zero attached hydrogens (tertiary/aromatic N) is 5. The van der Waals surface area contributed by atoms with Crippen LogP contribution in [0.15, 0.2) is 22.9 Å². The molecule has 0 aliphatic carbocycles. The van der Waals surface area contributed by atoms with Crippen molar-refractivity contribution in [3.05, 3.63) is 30.0 Å². The Labute approximate surface area is 165 Å². The number of nitrogens with one attached hydrogen (secondary N) is 2. The highest BCUT2D eigenvalue weighted by atomic mass is 32.2. The maximum Gasteiger partial charge on any atom is 0.258 e. The number of amides is 2. The number of carbonyl (C=O) groups excluding carboxylic acids is 2. The molecule has 3 aromatic heterocycles. The van der Waals surface area contributed by atoms with Crippen LogP contribution < -0.4 is 10.6 Å². The van der Waals surface area contributed by atoms with Gasteiger partial charge in [0.1, 0.15) is 6.04 Å². The molecule has 148 valence electrons. The lowest BCUT2D eigenvalue weighted by atomic mass is 10.2. The first-order chi connectivity index (χ1) is 13.5. The molecule has 1 unspecified atom stereocenters. The van der Waals surface area contributed by atoms with E-state index in [0.29, 0.717) is 29.6 Å². The second-order valence-electron chi connectivity index (χ2n) is 6.16. The Morgan fingerprint density at radius 3 is 2.86 bits per heavy atom. The molecule has 0 spiro atoms. The van der Waals surface area contributed by atoms with Crippen LogP contribution in [-0.2, 0) is 16.1 Å². The average molecular weight is 403 g/mol. The number of hydrogen-bond acceptors (Lipinski definition) is 8. The molecule has 3 rings (SSSR count). The average Bonchev–Trinajstić information content (AvgIpc) is 3.28. The largest absolute Gasteiger partial charge is 0.347 e. The lowest BCUT2D eigenvalue weighted by Gasteiger charge is -2.16. The fraction of sp³-hybridized carbons (Fsp3) is 0.412. The minimum absolute atomic E-state index is 0.189. The normalized spacial score (nSPS) is 12.1. The molecule has 28 heavy (non-hydrogen) atoms. The molecular formula is C17H21N7O3S. The van der Waals surface area contributed by atoms with E-state index in [1.807, 2.05) is 12.3 Å². The fourth-order valence-electron chi connectivity index (χ4n) is 2.65. The van der Waals surface area contributed by atoms with Crippen LogP contribution in [0.3, 0.4) is 0 Å². The van der Waals surface area contributed by atoms with Gasteiger partial charge in [-0.1, -0.05) is 5.16 Å². The van der Waals surface area contributed by atoms with Gasteiger partial charge >= 0.3 is 0 Å². The van der Waals surface area contributed by atoms with Crippen LogP contribution in [0.4, 0.5) is 0 Å². The van der Waals surface area contributed by atoms with Gasteiger partial charge in [-0.15, -0.1) is 10.2 Å². The summed E-state index contributed by atoms with van der Waals surface area (Å²) in [6, 6.07) is 3.02. The smallest absolute Gasteiger partial charge is 0.258 e. The molecule has 0 aliphatic heterocycles. The highest BCUT2D eigenvalue weighted by molar-refractivity contribution is 7.98. The number of carbonyl (C=O) groups is 2. The van der Waals surface area contributed by atoms with Crippen LogP contribution in [0.25, 0.3) is 17.1 Å². The Morgan fingerprint density at radius 1 is 1.36 bits per heavy atom. The Balaban J connectivity index is 1.70. The zero-order chi connectivity index (χ0) is 20.1. The number of aryl methyl sites for hydroxylation is 1. The lowest BCUT2D eigenvalue weighted by molar-refractivity contribution is -0.128. The molecular weight excluding hydrogens is 382 g/mol. The van der Waals surface area contributed by atoms with Crippen LogP contribution in [0.1, 0.15) is 25.0 Å². The molecule has 0 saturated carbocycles. The molecule has 0 saturated heterocycles. The van der Waals surface area contributed by atoms with Crippen molar-refractivity contribution in [2.75, 3.05) is 12.0 Å². The van der Waals surface area contributed by atoms with Crippen molar-refractivity contribution in [1.29, 1.82) is 0 Å². The molecule has 2 N–H and O–H groups in total. The van der Waals surface area contributed by atoms with Gasteiger partial charge in [0, 0.05) is 18.7 Å². The van der Waals surface area contributed by atoms with Gasteiger partial charge in [0.15, 0.2) is 17.3 Å². The summed E-state index contributed by atoms with van der Waals surface area (Å²) in [4.78, 5) is 28.0. The fourth-order valence-corrected chi connectivity index (χ4v) is 3.12. The Morgan fingerprint density at radius 2 is 2.18 bits per heavy atom. The van der Waals surface area contributed by atoms with Gasteiger partial charge < -0.3 is 15.2 Å². The summed E-state index contributed by atoms with van der Waals surface area (Å²) < 4.78 is 6.93. The summed E-state index contributed by atoms with van der Waals surface area (Å²) in [6.45, 7) is 3.33. The predicted octanol–water partition coefficient (Wildman–Crippen LogP) is 0.962. The number of pyridine rings is 1. The lowest BCUT2D eigenvalue weighted by Crippen LogP contribution is -2.46. The number of thioether (sulfide) groups is 1. The Bertz CT molecular complexity index is 984. The van der Waals surface area contributed by atoms with E-state index in [1.165, 1.54) is 6.92 Å². The zero-order valence-corrected chi connectivity index (χ0v) is 16.6. The predicted molar refractivity (Wildman–Crippen MR) is 103 cm³/mol. The third kappa shape index (κ3) is 4.66. The molecule has 0 aromatic carbocycles. The minimum Gasteiger partial charge on any atom is -0.347 e. The van der Waals surface area contributed by atoms with Crippen molar-refractivity contribution in [2.24, 2.45) is 0 Å². The third-order valence-corrected chi connectivity index (χ3v) is 4.62. The van der Waals surface area contributed by atoms with Crippen molar-refractivity contribution in [3.8, 4) is 11.5 Å². The van der Waals surface area contributed by atoms with E-state index in [4.69, 9.17) is 4.52 Å². The van der Waals surface area contributed by atoms with E-state index < -0.39 is 6.04 Å². The highest BCUT2D eigenvalue weighted by Crippen LogP contribution is 2.18. The van der Waals surface area contributed by atoms with E-state index >= 15 is 0 Å². The maximum absolute atomic E-state index is 12.4. The summed E-state index contributed by atoms with van der Waals surface area (Å²) >= 11 is 1.62. The molecule has 10 nitrogen and oxygen atoms in total. The van der Waals surface area contributed by atoms with Gasteiger partial charge in [0.2, 0.25) is 11.8 Å². The molecule has 11 heteroatoms. The summed E-state index contributed by atoms with van der Waals surface area (Å²) in [5.41, 5.74) is 1.33. The quantitative estimate of drug-likeness (QED) is 0.569. The monoisotopic (exact) mass is 403 g/mol. The standard InChI is InChI=1S/C17H21N7O3S/c1-10-19-17(27-23-10)12-4-6-24-14(8-12)21-22-15(24)9-18-16(26)13(5-7-28-3)20-11(2)25/h4,6,8,13H,5,7,9H2,1-3H3,(H,18,26)(H,20,25). The van der Waals surface area contributed by atoms with Crippen LogP contribution in [0.2, 0.25) is 0 Å². The van der Waals surface area contributed by atoms with Crippen molar-refractivity contribution in [2.45, 2.75) is 32.9 Å². The van der Waals surface area contributed by atoms with Gasteiger partial charge in [-0.3, -0.25) is 14.0 Å². The van der Waals surface area contributed by atoms with Gasteiger partial charge in [0.25, 0.3) is 5.89 Å².